The van der Waals surface area contributed by atoms with Gasteiger partial charge in [-0.05, 0) is 75.6 Å². The van der Waals surface area contributed by atoms with E-state index in [4.69, 9.17) is 9.73 Å². The lowest BCUT2D eigenvalue weighted by Gasteiger charge is -2.20. The summed E-state index contributed by atoms with van der Waals surface area (Å²) in [6.45, 7) is 8.82. The number of amides is 1. The number of carbonyl (C=O) groups excluding carboxylic acids is 1. The molecule has 3 atom stereocenters. The maximum absolute atomic E-state index is 12.8. The SMILES string of the molecule is CCN1C(=O)/C(=C\c2ccc(N(CC)CC)cc2)O/C1=N/C1CC2CCC1C2. The third-order valence-corrected chi connectivity index (χ3v) is 6.50. The molecule has 5 heteroatoms. The number of fused-ring (bicyclic) bond motifs is 2. The van der Waals surface area contributed by atoms with Crippen molar-refractivity contribution in [2.24, 2.45) is 16.8 Å². The molecule has 3 unspecified atom stereocenters. The van der Waals surface area contributed by atoms with Gasteiger partial charge in [0.25, 0.3) is 5.91 Å². The van der Waals surface area contributed by atoms with Crippen LogP contribution in [0.3, 0.4) is 0 Å². The number of hydrogen-bond acceptors (Lipinski definition) is 4. The Hall–Kier alpha value is -2.30. The van der Waals surface area contributed by atoms with Gasteiger partial charge in [0.15, 0.2) is 5.76 Å². The minimum absolute atomic E-state index is 0.0859. The predicted octanol–water partition coefficient (Wildman–Crippen LogP) is 4.30. The third-order valence-electron chi connectivity index (χ3n) is 6.50. The molecule has 2 bridgehead atoms. The van der Waals surface area contributed by atoms with Gasteiger partial charge in [0.2, 0.25) is 0 Å². The molecule has 0 N–H and O–H groups in total. The molecule has 0 spiro atoms. The van der Waals surface area contributed by atoms with Gasteiger partial charge in [-0.3, -0.25) is 9.69 Å². The lowest BCUT2D eigenvalue weighted by molar-refractivity contribution is -0.122. The van der Waals surface area contributed by atoms with Crippen LogP contribution in [0, 0.1) is 11.8 Å². The molecule has 1 aliphatic heterocycles. The molecule has 2 saturated carbocycles. The first-order chi connectivity index (χ1) is 13.6. The number of likely N-dealkylation sites (N-methyl/N-ethyl adjacent to an activating group) is 1. The number of rotatable bonds is 6. The van der Waals surface area contributed by atoms with Crippen LogP contribution in [-0.4, -0.2) is 42.5 Å². The van der Waals surface area contributed by atoms with E-state index in [1.54, 1.807) is 4.90 Å². The Morgan fingerprint density at radius 3 is 2.46 bits per heavy atom. The van der Waals surface area contributed by atoms with E-state index in [0.29, 0.717) is 30.3 Å². The molecule has 3 fully saturated rings. The Morgan fingerprint density at radius 1 is 1.14 bits per heavy atom. The van der Waals surface area contributed by atoms with Crippen LogP contribution in [0.2, 0.25) is 0 Å². The van der Waals surface area contributed by atoms with Gasteiger partial charge in [-0.1, -0.05) is 18.6 Å². The second kappa shape index (κ2) is 7.98. The molecule has 1 heterocycles. The highest BCUT2D eigenvalue weighted by Gasteiger charge is 2.42. The number of carbonyl (C=O) groups is 1. The van der Waals surface area contributed by atoms with Gasteiger partial charge in [-0.2, -0.15) is 0 Å². The first kappa shape index (κ1) is 19.0. The highest BCUT2D eigenvalue weighted by Crippen LogP contribution is 2.46. The van der Waals surface area contributed by atoms with Gasteiger partial charge >= 0.3 is 6.02 Å². The number of nitrogens with zero attached hydrogens (tertiary/aromatic N) is 3. The molecular weight excluding hydrogens is 350 g/mol. The first-order valence-corrected chi connectivity index (χ1v) is 10.8. The van der Waals surface area contributed by atoms with E-state index in [0.717, 1.165) is 31.0 Å². The molecule has 2 aliphatic carbocycles. The molecule has 0 aromatic heterocycles. The molecular formula is C23H31N3O2. The van der Waals surface area contributed by atoms with Crippen molar-refractivity contribution in [3.63, 3.8) is 0 Å². The van der Waals surface area contributed by atoms with Crippen LogP contribution in [0.4, 0.5) is 5.69 Å². The van der Waals surface area contributed by atoms with E-state index in [2.05, 4.69) is 30.9 Å². The van der Waals surface area contributed by atoms with Gasteiger partial charge in [0, 0.05) is 25.3 Å². The van der Waals surface area contributed by atoms with Crippen LogP contribution in [-0.2, 0) is 9.53 Å². The van der Waals surface area contributed by atoms with Crippen LogP contribution >= 0.6 is 0 Å². The van der Waals surface area contributed by atoms with Crippen LogP contribution < -0.4 is 4.90 Å². The molecule has 1 aromatic carbocycles. The Labute approximate surface area is 168 Å². The molecule has 1 amide bonds. The Bertz CT molecular complexity index is 780. The van der Waals surface area contributed by atoms with E-state index in [9.17, 15) is 4.79 Å². The normalized spacial score (nSPS) is 29.2. The fraction of sp³-hybridized carbons (Fsp3) is 0.565. The van der Waals surface area contributed by atoms with Gasteiger partial charge in [0.05, 0.1) is 6.04 Å². The standard InChI is InChI=1S/C23H31N3O2/c1-4-25(5-2)19-11-8-16(9-12-19)15-21-22(27)26(6-3)23(28-21)24-20-14-17-7-10-18(20)13-17/h8-9,11-12,15,17-18,20H,4-7,10,13-14H2,1-3H3/b21-15+,24-23+. The fourth-order valence-corrected chi connectivity index (χ4v) is 4.92. The van der Waals surface area contributed by atoms with Crippen molar-refractivity contribution in [1.29, 1.82) is 0 Å². The summed E-state index contributed by atoms with van der Waals surface area (Å²) in [5.41, 5.74) is 2.16. The second-order valence-corrected chi connectivity index (χ2v) is 8.08. The lowest BCUT2D eigenvalue weighted by Crippen LogP contribution is -2.31. The molecule has 4 rings (SSSR count). The quantitative estimate of drug-likeness (QED) is 0.690. The average Bonchev–Trinajstić information content (AvgIpc) is 3.40. The zero-order valence-corrected chi connectivity index (χ0v) is 17.2. The van der Waals surface area contributed by atoms with Crippen LogP contribution in [0.15, 0.2) is 35.0 Å². The summed E-state index contributed by atoms with van der Waals surface area (Å²) >= 11 is 0. The summed E-state index contributed by atoms with van der Waals surface area (Å²) in [4.78, 5) is 21.6. The number of ether oxygens (including phenoxy) is 1. The van der Waals surface area contributed by atoms with Gasteiger partial charge in [-0.25, -0.2) is 4.99 Å². The minimum Gasteiger partial charge on any atom is -0.420 e. The van der Waals surface area contributed by atoms with Crippen molar-refractivity contribution in [2.75, 3.05) is 24.5 Å². The topological polar surface area (TPSA) is 45.1 Å². The van der Waals surface area contributed by atoms with Gasteiger partial charge in [0.1, 0.15) is 0 Å². The zero-order chi connectivity index (χ0) is 19.7. The second-order valence-electron chi connectivity index (χ2n) is 8.08. The highest BCUT2D eigenvalue weighted by atomic mass is 16.5. The van der Waals surface area contributed by atoms with Gasteiger partial charge in [-0.15, -0.1) is 0 Å². The number of amidine groups is 1. The van der Waals surface area contributed by atoms with Gasteiger partial charge < -0.3 is 9.64 Å². The lowest BCUT2D eigenvalue weighted by atomic mass is 9.96. The fourth-order valence-electron chi connectivity index (χ4n) is 4.92. The Kier molecular flexibility index (Phi) is 5.42. The molecule has 1 saturated heterocycles. The molecule has 3 aliphatic rings. The van der Waals surface area contributed by atoms with Crippen LogP contribution in [0.1, 0.15) is 52.0 Å². The number of anilines is 1. The van der Waals surface area contributed by atoms with E-state index in [-0.39, 0.29) is 5.91 Å². The monoisotopic (exact) mass is 381 g/mol. The number of aliphatic imine (C=N–C) groups is 1. The smallest absolute Gasteiger partial charge is 0.300 e. The average molecular weight is 382 g/mol. The number of benzene rings is 1. The maximum Gasteiger partial charge on any atom is 0.300 e. The first-order valence-electron chi connectivity index (χ1n) is 10.8. The largest absolute Gasteiger partial charge is 0.420 e. The van der Waals surface area contributed by atoms with Crippen molar-refractivity contribution >= 4 is 23.7 Å². The predicted molar refractivity (Wildman–Crippen MR) is 113 cm³/mol. The van der Waals surface area contributed by atoms with Crippen LogP contribution in [0.5, 0.6) is 0 Å². The maximum atomic E-state index is 12.8. The summed E-state index contributed by atoms with van der Waals surface area (Å²) in [6, 6.07) is 9.10. The van der Waals surface area contributed by atoms with Crippen molar-refractivity contribution < 1.29 is 9.53 Å². The van der Waals surface area contributed by atoms with Crippen LogP contribution in [0.25, 0.3) is 6.08 Å². The summed E-state index contributed by atoms with van der Waals surface area (Å²) in [6.07, 6.45) is 6.89. The summed E-state index contributed by atoms with van der Waals surface area (Å²) in [5.74, 6) is 1.79. The Morgan fingerprint density at radius 2 is 1.89 bits per heavy atom. The zero-order valence-electron chi connectivity index (χ0n) is 17.2. The van der Waals surface area contributed by atoms with E-state index >= 15 is 0 Å². The summed E-state index contributed by atoms with van der Waals surface area (Å²) in [5, 5.41) is 0. The molecule has 1 aromatic rings. The minimum atomic E-state index is -0.0859. The summed E-state index contributed by atoms with van der Waals surface area (Å²) in [7, 11) is 0. The summed E-state index contributed by atoms with van der Waals surface area (Å²) < 4.78 is 5.95. The van der Waals surface area contributed by atoms with Crippen molar-refractivity contribution in [1.82, 2.24) is 4.90 Å². The van der Waals surface area contributed by atoms with Crippen molar-refractivity contribution in [3.8, 4) is 0 Å². The number of hydrogen-bond donors (Lipinski definition) is 0. The Balaban J connectivity index is 1.52. The molecule has 150 valence electrons. The van der Waals surface area contributed by atoms with Crippen molar-refractivity contribution in [2.45, 2.75) is 52.5 Å². The highest BCUT2D eigenvalue weighted by molar-refractivity contribution is 6.11. The molecule has 28 heavy (non-hydrogen) atoms. The van der Waals surface area contributed by atoms with E-state index in [1.165, 1.54) is 24.9 Å². The molecule has 5 nitrogen and oxygen atoms in total. The third kappa shape index (κ3) is 3.54. The molecule has 0 radical (unpaired) electrons. The van der Waals surface area contributed by atoms with Crippen molar-refractivity contribution in [3.05, 3.63) is 35.6 Å². The van der Waals surface area contributed by atoms with E-state index < -0.39 is 0 Å². The van der Waals surface area contributed by atoms with E-state index in [1.807, 2.05) is 25.1 Å².